The largest absolute Gasteiger partial charge is 0.451 e. The Morgan fingerprint density at radius 2 is 1.85 bits per heavy atom. The topological polar surface area (TPSA) is 71.2 Å². The minimum absolute atomic E-state index is 0.330. The summed E-state index contributed by atoms with van der Waals surface area (Å²) in [5.41, 5.74) is 3.02. The smallest absolute Gasteiger partial charge is 0.355 e. The van der Waals surface area contributed by atoms with Gasteiger partial charge in [-0.1, -0.05) is 50.2 Å². The van der Waals surface area contributed by atoms with E-state index in [-0.39, 0.29) is 12.5 Å². The van der Waals surface area contributed by atoms with Crippen molar-refractivity contribution in [3.63, 3.8) is 0 Å². The number of hydrogen-bond acceptors (Lipinski definition) is 3. The molecule has 0 radical (unpaired) electrons. The lowest BCUT2D eigenvalue weighted by Crippen LogP contribution is -2.21. The predicted octanol–water partition coefficient (Wildman–Crippen LogP) is 4.48. The molecule has 0 aliphatic heterocycles. The molecule has 0 aliphatic carbocycles. The average Bonchev–Trinajstić information content (AvgIpc) is 3.10. The van der Waals surface area contributed by atoms with Gasteiger partial charge in [0.2, 0.25) is 0 Å². The average molecular weight is 350 g/mol. The molecule has 3 aromatic rings. The zero-order valence-corrected chi connectivity index (χ0v) is 14.9. The number of benzene rings is 2. The summed E-state index contributed by atoms with van der Waals surface area (Å²) in [5, 5.41) is 3.76. The Labute approximate surface area is 152 Å². The number of amides is 1. The highest BCUT2D eigenvalue weighted by Gasteiger charge is 2.15. The zero-order valence-electron chi connectivity index (χ0n) is 14.9. The number of carbonyl (C=O) groups excluding carboxylic acids is 2. The van der Waals surface area contributed by atoms with Gasteiger partial charge in [-0.15, -0.1) is 0 Å². The number of para-hydroxylation sites is 2. The third kappa shape index (κ3) is 3.94. The Balaban J connectivity index is 1.61. The monoisotopic (exact) mass is 350 g/mol. The zero-order chi connectivity index (χ0) is 18.5. The summed E-state index contributed by atoms with van der Waals surface area (Å²) in [6.07, 6.45) is 0.974. The number of esters is 1. The molecule has 1 atom stereocenters. The maximum Gasteiger partial charge on any atom is 0.355 e. The summed E-state index contributed by atoms with van der Waals surface area (Å²) in [7, 11) is 0. The Hall–Kier alpha value is -3.08. The van der Waals surface area contributed by atoms with Crippen LogP contribution < -0.4 is 5.32 Å². The Kier molecular flexibility index (Phi) is 5.37. The highest BCUT2D eigenvalue weighted by molar-refractivity contribution is 5.97. The second kappa shape index (κ2) is 7.87. The molecule has 5 heteroatoms. The van der Waals surface area contributed by atoms with Crippen LogP contribution in [0.5, 0.6) is 0 Å². The SMILES string of the molecule is CC[C@@H](C)c1ccccc1NC(=O)COC(=O)c1cc2ccccc2[nH]1. The second-order valence-corrected chi connectivity index (χ2v) is 6.29. The third-order valence-electron chi connectivity index (χ3n) is 4.46. The van der Waals surface area contributed by atoms with Gasteiger partial charge in [-0.3, -0.25) is 4.79 Å². The van der Waals surface area contributed by atoms with Crippen LogP contribution in [0.4, 0.5) is 5.69 Å². The Bertz CT molecular complexity index is 897. The molecule has 1 aromatic heterocycles. The molecular formula is C21H22N2O3. The lowest BCUT2D eigenvalue weighted by molar-refractivity contribution is -0.119. The normalized spacial score (nSPS) is 11.9. The molecule has 5 nitrogen and oxygen atoms in total. The molecule has 26 heavy (non-hydrogen) atoms. The number of nitrogens with one attached hydrogen (secondary N) is 2. The molecule has 2 N–H and O–H groups in total. The highest BCUT2D eigenvalue weighted by atomic mass is 16.5. The Morgan fingerprint density at radius 3 is 2.62 bits per heavy atom. The minimum atomic E-state index is -0.549. The van der Waals surface area contributed by atoms with E-state index in [1.807, 2.05) is 48.5 Å². The van der Waals surface area contributed by atoms with E-state index in [1.165, 1.54) is 0 Å². The quantitative estimate of drug-likeness (QED) is 0.644. The van der Waals surface area contributed by atoms with Gasteiger partial charge < -0.3 is 15.0 Å². The van der Waals surface area contributed by atoms with Crippen molar-refractivity contribution in [2.75, 3.05) is 11.9 Å². The molecule has 3 rings (SSSR count). The van der Waals surface area contributed by atoms with Crippen LogP contribution in [0.15, 0.2) is 54.6 Å². The number of anilines is 1. The molecule has 0 fully saturated rings. The molecule has 134 valence electrons. The first kappa shape index (κ1) is 17.7. The third-order valence-corrected chi connectivity index (χ3v) is 4.46. The maximum atomic E-state index is 12.2. The van der Waals surface area contributed by atoms with E-state index in [4.69, 9.17) is 4.74 Å². The maximum absolute atomic E-state index is 12.2. The number of aromatic nitrogens is 1. The van der Waals surface area contributed by atoms with Crippen LogP contribution in [0.2, 0.25) is 0 Å². The fraction of sp³-hybridized carbons (Fsp3) is 0.238. The van der Waals surface area contributed by atoms with Crippen molar-refractivity contribution >= 4 is 28.5 Å². The summed E-state index contributed by atoms with van der Waals surface area (Å²) in [6, 6.07) is 17.0. The molecule has 1 amide bonds. The van der Waals surface area contributed by atoms with Gasteiger partial charge in [-0.25, -0.2) is 4.79 Å². The van der Waals surface area contributed by atoms with Gasteiger partial charge >= 0.3 is 5.97 Å². The summed E-state index contributed by atoms with van der Waals surface area (Å²) < 4.78 is 5.14. The fourth-order valence-electron chi connectivity index (χ4n) is 2.84. The highest BCUT2D eigenvalue weighted by Crippen LogP contribution is 2.26. The number of carbonyl (C=O) groups is 2. The van der Waals surface area contributed by atoms with Gasteiger partial charge in [0.25, 0.3) is 5.91 Å². The van der Waals surface area contributed by atoms with Crippen molar-refractivity contribution in [1.82, 2.24) is 4.98 Å². The molecule has 0 aliphatic rings. The van der Waals surface area contributed by atoms with Gasteiger partial charge in [0.05, 0.1) is 0 Å². The van der Waals surface area contributed by atoms with Crippen LogP contribution in [-0.2, 0) is 9.53 Å². The van der Waals surface area contributed by atoms with Crippen molar-refractivity contribution in [2.24, 2.45) is 0 Å². The number of rotatable bonds is 6. The van der Waals surface area contributed by atoms with Gasteiger partial charge in [-0.05, 0) is 36.1 Å². The van der Waals surface area contributed by atoms with Gasteiger partial charge in [0.1, 0.15) is 5.69 Å². The van der Waals surface area contributed by atoms with Crippen LogP contribution in [0.25, 0.3) is 10.9 Å². The molecule has 0 saturated heterocycles. The van der Waals surface area contributed by atoms with Crippen LogP contribution in [0.1, 0.15) is 42.2 Å². The van der Waals surface area contributed by atoms with Crippen LogP contribution >= 0.6 is 0 Å². The summed E-state index contributed by atoms with van der Waals surface area (Å²) in [4.78, 5) is 27.3. The van der Waals surface area contributed by atoms with E-state index < -0.39 is 5.97 Å². The van der Waals surface area contributed by atoms with E-state index in [0.717, 1.165) is 28.6 Å². The number of H-pyrrole nitrogens is 1. The van der Waals surface area contributed by atoms with Gasteiger partial charge in [0, 0.05) is 16.6 Å². The molecule has 0 saturated carbocycles. The number of ether oxygens (including phenoxy) is 1. The fourth-order valence-corrected chi connectivity index (χ4v) is 2.84. The van der Waals surface area contributed by atoms with E-state index in [9.17, 15) is 9.59 Å². The molecular weight excluding hydrogens is 328 g/mol. The molecule has 1 heterocycles. The first-order valence-corrected chi connectivity index (χ1v) is 8.72. The lowest BCUT2D eigenvalue weighted by atomic mass is 9.97. The lowest BCUT2D eigenvalue weighted by Gasteiger charge is -2.15. The first-order chi connectivity index (χ1) is 12.6. The van der Waals surface area contributed by atoms with Crippen molar-refractivity contribution in [3.05, 3.63) is 65.9 Å². The van der Waals surface area contributed by atoms with E-state index >= 15 is 0 Å². The summed E-state index contributed by atoms with van der Waals surface area (Å²) in [5.74, 6) is -0.572. The molecule has 0 spiro atoms. The standard InChI is InChI=1S/C21H22N2O3/c1-3-14(2)16-9-5-7-11-18(16)23-20(24)13-26-21(25)19-12-15-8-4-6-10-17(15)22-19/h4-12,14,22H,3,13H2,1-2H3,(H,23,24)/t14-/m1/s1. The van der Waals surface area contributed by atoms with Gasteiger partial charge in [0.15, 0.2) is 6.61 Å². The van der Waals surface area contributed by atoms with Crippen LogP contribution in [0.3, 0.4) is 0 Å². The Morgan fingerprint density at radius 1 is 1.12 bits per heavy atom. The second-order valence-electron chi connectivity index (χ2n) is 6.29. The van der Waals surface area contributed by atoms with Crippen molar-refractivity contribution in [1.29, 1.82) is 0 Å². The van der Waals surface area contributed by atoms with Crippen molar-refractivity contribution in [3.8, 4) is 0 Å². The number of aromatic amines is 1. The van der Waals surface area contributed by atoms with E-state index in [2.05, 4.69) is 24.1 Å². The first-order valence-electron chi connectivity index (χ1n) is 8.72. The number of hydrogen-bond donors (Lipinski definition) is 2. The molecule has 0 unspecified atom stereocenters. The summed E-state index contributed by atoms with van der Waals surface area (Å²) >= 11 is 0. The minimum Gasteiger partial charge on any atom is -0.451 e. The number of fused-ring (bicyclic) bond motifs is 1. The molecule has 2 aromatic carbocycles. The van der Waals surface area contributed by atoms with Crippen LogP contribution in [-0.4, -0.2) is 23.5 Å². The van der Waals surface area contributed by atoms with Gasteiger partial charge in [-0.2, -0.15) is 0 Å². The summed E-state index contributed by atoms with van der Waals surface area (Å²) in [6.45, 7) is 3.88. The van der Waals surface area contributed by atoms with Crippen molar-refractivity contribution < 1.29 is 14.3 Å². The van der Waals surface area contributed by atoms with Crippen molar-refractivity contribution in [2.45, 2.75) is 26.2 Å². The van der Waals surface area contributed by atoms with E-state index in [1.54, 1.807) is 6.07 Å². The molecule has 0 bridgehead atoms. The van der Waals surface area contributed by atoms with E-state index in [0.29, 0.717) is 11.6 Å². The van der Waals surface area contributed by atoms with Crippen LogP contribution in [0, 0.1) is 0 Å². The predicted molar refractivity (Wildman–Crippen MR) is 102 cm³/mol.